The van der Waals surface area contributed by atoms with Gasteiger partial charge in [-0.15, -0.1) is 12.6 Å². The third-order valence-corrected chi connectivity index (χ3v) is 6.71. The van der Waals surface area contributed by atoms with E-state index in [0.717, 1.165) is 24.2 Å². The summed E-state index contributed by atoms with van der Waals surface area (Å²) >= 11 is 10.4. The molecule has 30 heavy (non-hydrogen) atoms. The Labute approximate surface area is 187 Å². The van der Waals surface area contributed by atoms with Crippen LogP contribution < -0.4 is 4.90 Å². The molecule has 0 spiro atoms. The Kier molecular flexibility index (Phi) is 4.08. The van der Waals surface area contributed by atoms with Crippen molar-refractivity contribution in [3.63, 3.8) is 0 Å². The first-order chi connectivity index (χ1) is 14.7. The highest BCUT2D eigenvalue weighted by Gasteiger charge is 2.28. The Morgan fingerprint density at radius 1 is 0.600 bits per heavy atom. The van der Waals surface area contributed by atoms with E-state index in [0.29, 0.717) is 4.32 Å². The summed E-state index contributed by atoms with van der Waals surface area (Å²) in [4.78, 5) is 2.16. The van der Waals surface area contributed by atoms with Gasteiger partial charge in [-0.05, 0) is 56.6 Å². The number of nitrogens with zero attached hydrogens (tertiary/aromatic N) is 1. The molecule has 0 aliphatic heterocycles. The fourth-order valence-electron chi connectivity index (χ4n) is 5.04. The van der Waals surface area contributed by atoms with Gasteiger partial charge in [-0.25, -0.2) is 0 Å². The summed E-state index contributed by atoms with van der Waals surface area (Å²) in [6.45, 7) is 0. The van der Waals surface area contributed by atoms with E-state index < -0.39 is 0 Å². The van der Waals surface area contributed by atoms with Gasteiger partial charge in [-0.1, -0.05) is 85.0 Å². The number of thiocarbonyl (C=S) groups is 1. The lowest BCUT2D eigenvalue weighted by atomic mass is 10.0. The molecule has 0 fully saturated rings. The molecule has 3 heteroatoms. The number of thiol groups is 1. The van der Waals surface area contributed by atoms with Crippen molar-refractivity contribution in [2.75, 3.05) is 4.90 Å². The van der Waals surface area contributed by atoms with Gasteiger partial charge in [0.2, 0.25) is 0 Å². The summed E-state index contributed by atoms with van der Waals surface area (Å²) in [5.74, 6) is 0. The Balaban J connectivity index is 1.54. The zero-order valence-electron chi connectivity index (χ0n) is 16.3. The van der Waals surface area contributed by atoms with Crippen LogP contribution in [0.1, 0.15) is 22.3 Å². The Morgan fingerprint density at radius 3 is 1.50 bits per heavy atom. The first kappa shape index (κ1) is 17.9. The Hall–Kier alpha value is -2.88. The maximum atomic E-state index is 5.69. The van der Waals surface area contributed by atoms with E-state index in [1.54, 1.807) is 0 Å². The van der Waals surface area contributed by atoms with E-state index in [9.17, 15) is 0 Å². The highest BCUT2D eigenvalue weighted by atomic mass is 32.1. The number of anilines is 2. The second-order valence-electron chi connectivity index (χ2n) is 7.89. The molecule has 1 nitrogen and oxygen atoms in total. The van der Waals surface area contributed by atoms with Gasteiger partial charge in [0.05, 0.1) is 11.4 Å². The molecule has 4 aromatic rings. The van der Waals surface area contributed by atoms with Crippen LogP contribution in [0, 0.1) is 0 Å². The molecule has 0 heterocycles. The molecule has 0 saturated heterocycles. The van der Waals surface area contributed by atoms with E-state index in [4.69, 9.17) is 12.2 Å². The molecule has 0 saturated carbocycles. The van der Waals surface area contributed by atoms with Gasteiger partial charge in [-0.2, -0.15) is 0 Å². The molecule has 2 aliphatic carbocycles. The zero-order valence-corrected chi connectivity index (χ0v) is 18.0. The number of fused-ring (bicyclic) bond motifs is 6. The van der Waals surface area contributed by atoms with Crippen LogP contribution in [0.15, 0.2) is 84.9 Å². The summed E-state index contributed by atoms with van der Waals surface area (Å²) in [6, 6.07) is 30.4. The van der Waals surface area contributed by atoms with Crippen LogP contribution in [0.5, 0.6) is 0 Å². The maximum Gasteiger partial charge on any atom is 0.142 e. The molecule has 0 N–H and O–H groups in total. The van der Waals surface area contributed by atoms with Crippen LogP contribution in [-0.2, 0) is 12.8 Å². The van der Waals surface area contributed by atoms with Gasteiger partial charge in [-0.3, -0.25) is 4.90 Å². The lowest BCUT2D eigenvalue weighted by Crippen LogP contribution is -2.22. The highest BCUT2D eigenvalue weighted by molar-refractivity contribution is 8.11. The molecule has 0 radical (unpaired) electrons. The first-order valence-corrected chi connectivity index (χ1v) is 11.0. The minimum absolute atomic E-state index is 0.573. The average molecular weight is 422 g/mol. The summed E-state index contributed by atoms with van der Waals surface area (Å²) in [6.07, 6.45) is 1.84. The predicted octanol–water partition coefficient (Wildman–Crippen LogP) is 7.18. The summed E-state index contributed by atoms with van der Waals surface area (Å²) in [5, 5.41) is 0. The fraction of sp³-hybridized carbons (Fsp3) is 0.0741. The number of hydrogen-bond donors (Lipinski definition) is 1. The van der Waals surface area contributed by atoms with E-state index >= 15 is 0 Å². The van der Waals surface area contributed by atoms with Crippen LogP contribution >= 0.6 is 24.8 Å². The van der Waals surface area contributed by atoms with Crippen molar-refractivity contribution in [1.82, 2.24) is 0 Å². The Bertz CT molecular complexity index is 1240. The van der Waals surface area contributed by atoms with Crippen LogP contribution in [0.25, 0.3) is 22.3 Å². The SMILES string of the molecule is S=C(S)N(c1cccc2c1Cc1ccccc1-2)c1cccc2c1Cc1ccccc1-2. The molecule has 144 valence electrons. The Morgan fingerprint density at radius 2 is 1.03 bits per heavy atom. The highest BCUT2D eigenvalue weighted by Crippen LogP contribution is 2.47. The van der Waals surface area contributed by atoms with Gasteiger partial charge in [0.15, 0.2) is 0 Å². The standard InChI is InChI=1S/C27H19NS2/c29-27(30)28(25-13-5-11-21-19-9-3-1-7-17(19)15-23(21)25)26-14-6-12-22-20-10-4-2-8-18(20)16-24(22)26/h1-14H,15-16H2,(H,29,30). The van der Waals surface area contributed by atoms with Gasteiger partial charge >= 0.3 is 0 Å². The second kappa shape index (κ2) is 6.83. The van der Waals surface area contributed by atoms with Crippen LogP contribution in [0.3, 0.4) is 0 Å². The van der Waals surface area contributed by atoms with Gasteiger partial charge in [0, 0.05) is 12.8 Å². The van der Waals surface area contributed by atoms with E-state index in [-0.39, 0.29) is 0 Å². The molecule has 4 aromatic carbocycles. The van der Waals surface area contributed by atoms with Crippen LogP contribution in [0.2, 0.25) is 0 Å². The minimum Gasteiger partial charge on any atom is -0.296 e. The average Bonchev–Trinajstić information content (AvgIpc) is 3.33. The van der Waals surface area contributed by atoms with Crippen molar-refractivity contribution in [2.45, 2.75) is 12.8 Å². The number of hydrogen-bond acceptors (Lipinski definition) is 1. The quantitative estimate of drug-likeness (QED) is 0.233. The lowest BCUT2D eigenvalue weighted by Gasteiger charge is -2.27. The summed E-state index contributed by atoms with van der Waals surface area (Å²) in [5.41, 5.74) is 12.9. The third kappa shape index (κ3) is 2.59. The number of rotatable bonds is 2. The molecule has 0 amide bonds. The van der Waals surface area contributed by atoms with Crippen LogP contribution in [-0.4, -0.2) is 4.32 Å². The maximum absolute atomic E-state index is 5.69. The van der Waals surface area contributed by atoms with E-state index in [1.165, 1.54) is 44.5 Å². The molecule has 0 atom stereocenters. The van der Waals surface area contributed by atoms with Gasteiger partial charge in [0.1, 0.15) is 4.32 Å². The van der Waals surface area contributed by atoms with Gasteiger partial charge < -0.3 is 0 Å². The van der Waals surface area contributed by atoms with Crippen molar-refractivity contribution in [3.05, 3.63) is 107 Å². The molecule has 0 unspecified atom stereocenters. The van der Waals surface area contributed by atoms with Crippen molar-refractivity contribution < 1.29 is 0 Å². The second-order valence-corrected chi connectivity index (χ2v) is 9.01. The van der Waals surface area contributed by atoms with Crippen molar-refractivity contribution in [2.24, 2.45) is 0 Å². The molecule has 6 rings (SSSR count). The fourth-order valence-corrected chi connectivity index (χ4v) is 5.45. The van der Waals surface area contributed by atoms with E-state index in [2.05, 4.69) is 102 Å². The minimum atomic E-state index is 0.573. The third-order valence-electron chi connectivity index (χ3n) is 6.33. The largest absolute Gasteiger partial charge is 0.296 e. The molecule has 0 aromatic heterocycles. The van der Waals surface area contributed by atoms with Crippen LogP contribution in [0.4, 0.5) is 11.4 Å². The molecular weight excluding hydrogens is 402 g/mol. The van der Waals surface area contributed by atoms with E-state index in [1.807, 2.05) is 0 Å². The summed E-state index contributed by atoms with van der Waals surface area (Å²) < 4.78 is 0.573. The zero-order chi connectivity index (χ0) is 20.2. The first-order valence-electron chi connectivity index (χ1n) is 10.2. The lowest BCUT2D eigenvalue weighted by molar-refractivity contribution is 1.20. The van der Waals surface area contributed by atoms with Crippen molar-refractivity contribution >= 4 is 40.5 Å². The molecule has 2 aliphatic rings. The monoisotopic (exact) mass is 421 g/mol. The summed E-state index contributed by atoms with van der Waals surface area (Å²) in [7, 11) is 0. The predicted molar refractivity (Wildman–Crippen MR) is 133 cm³/mol. The van der Waals surface area contributed by atoms with Crippen molar-refractivity contribution in [3.8, 4) is 22.3 Å². The number of benzene rings is 4. The topological polar surface area (TPSA) is 3.24 Å². The molecule has 0 bridgehead atoms. The van der Waals surface area contributed by atoms with Crippen molar-refractivity contribution in [1.29, 1.82) is 0 Å². The smallest absolute Gasteiger partial charge is 0.142 e. The molecular formula is C27H19NS2. The normalized spacial score (nSPS) is 12.7. The van der Waals surface area contributed by atoms with Gasteiger partial charge in [0.25, 0.3) is 0 Å².